The summed E-state index contributed by atoms with van der Waals surface area (Å²) in [5.74, 6) is -0.280. The number of nitrogens with one attached hydrogen (secondary N) is 1. The molecule has 0 unspecified atom stereocenters. The van der Waals surface area contributed by atoms with Gasteiger partial charge in [0.05, 0.1) is 11.5 Å². The highest BCUT2D eigenvalue weighted by molar-refractivity contribution is 5.91. The maximum Gasteiger partial charge on any atom is 0.323 e. The molecule has 1 aromatic carbocycles. The standard InChI is InChI=1S/C12H10FN3O5/c1-2-5-15(7-11(17)18)12(19)14-8-3-4-10(16(20)21)9(13)6-8/h1,3-4,6H,5,7H2,(H,14,19)(H,17,18). The molecule has 0 saturated carbocycles. The van der Waals surface area contributed by atoms with Crippen LogP contribution in [0.1, 0.15) is 0 Å². The molecule has 0 spiro atoms. The molecule has 2 N–H and O–H groups in total. The number of amides is 2. The van der Waals surface area contributed by atoms with Crippen molar-refractivity contribution < 1.29 is 24.0 Å². The van der Waals surface area contributed by atoms with E-state index in [1.807, 2.05) is 0 Å². The minimum atomic E-state index is -1.27. The number of carboxylic acid groups (broad SMARTS) is 1. The first-order valence-corrected chi connectivity index (χ1v) is 5.50. The van der Waals surface area contributed by atoms with Gasteiger partial charge < -0.3 is 15.3 Å². The van der Waals surface area contributed by atoms with Crippen molar-refractivity contribution in [2.75, 3.05) is 18.4 Å². The summed E-state index contributed by atoms with van der Waals surface area (Å²) >= 11 is 0. The van der Waals surface area contributed by atoms with E-state index in [1.54, 1.807) is 0 Å². The maximum atomic E-state index is 13.4. The number of urea groups is 1. The lowest BCUT2D eigenvalue weighted by atomic mass is 10.2. The molecule has 0 aliphatic carbocycles. The Kier molecular flexibility index (Phi) is 5.19. The lowest BCUT2D eigenvalue weighted by molar-refractivity contribution is -0.387. The van der Waals surface area contributed by atoms with Gasteiger partial charge in [-0.15, -0.1) is 6.42 Å². The number of hydrogen-bond acceptors (Lipinski definition) is 4. The van der Waals surface area contributed by atoms with E-state index in [1.165, 1.54) is 0 Å². The number of rotatable bonds is 5. The van der Waals surface area contributed by atoms with Gasteiger partial charge in [-0.2, -0.15) is 4.39 Å². The summed E-state index contributed by atoms with van der Waals surface area (Å²) in [6, 6.07) is 1.90. The van der Waals surface area contributed by atoms with Crippen LogP contribution in [0.3, 0.4) is 0 Å². The Morgan fingerprint density at radius 2 is 2.19 bits per heavy atom. The summed E-state index contributed by atoms with van der Waals surface area (Å²) in [6.45, 7) is -0.890. The van der Waals surface area contributed by atoms with Crippen LogP contribution in [-0.4, -0.2) is 40.0 Å². The summed E-state index contributed by atoms with van der Waals surface area (Å²) in [4.78, 5) is 32.7. The predicted octanol–water partition coefficient (Wildman–Crippen LogP) is 1.29. The normalized spacial score (nSPS) is 9.52. The monoisotopic (exact) mass is 295 g/mol. The lowest BCUT2D eigenvalue weighted by Crippen LogP contribution is -2.39. The molecule has 21 heavy (non-hydrogen) atoms. The number of nitro groups is 1. The fourth-order valence-electron chi connectivity index (χ4n) is 1.41. The Balaban J connectivity index is 2.86. The van der Waals surface area contributed by atoms with Gasteiger partial charge in [-0.1, -0.05) is 5.92 Å². The van der Waals surface area contributed by atoms with Crippen LogP contribution >= 0.6 is 0 Å². The van der Waals surface area contributed by atoms with Gasteiger partial charge in [0.2, 0.25) is 5.82 Å². The maximum absolute atomic E-state index is 13.4. The van der Waals surface area contributed by atoms with Gasteiger partial charge in [0.1, 0.15) is 6.54 Å². The largest absolute Gasteiger partial charge is 0.480 e. The van der Waals surface area contributed by atoms with Gasteiger partial charge in [0.25, 0.3) is 0 Å². The number of nitro benzene ring substituents is 1. The summed E-state index contributed by atoms with van der Waals surface area (Å²) in [5.41, 5.74) is -0.797. The van der Waals surface area contributed by atoms with E-state index in [4.69, 9.17) is 11.5 Å². The Labute approximate surface area is 118 Å². The van der Waals surface area contributed by atoms with Crippen molar-refractivity contribution >= 4 is 23.4 Å². The van der Waals surface area contributed by atoms with E-state index in [9.17, 15) is 24.1 Å². The molecule has 8 nitrogen and oxygen atoms in total. The van der Waals surface area contributed by atoms with Crippen molar-refractivity contribution in [2.45, 2.75) is 0 Å². The molecular weight excluding hydrogens is 285 g/mol. The first-order valence-electron chi connectivity index (χ1n) is 5.50. The molecule has 0 bridgehead atoms. The van der Waals surface area contributed by atoms with Crippen molar-refractivity contribution in [3.8, 4) is 12.3 Å². The highest BCUT2D eigenvalue weighted by atomic mass is 19.1. The highest BCUT2D eigenvalue weighted by Crippen LogP contribution is 2.20. The topological polar surface area (TPSA) is 113 Å². The van der Waals surface area contributed by atoms with Crippen LogP contribution in [0.4, 0.5) is 20.6 Å². The average Bonchev–Trinajstić information content (AvgIpc) is 2.37. The molecule has 0 atom stereocenters. The fraction of sp³-hybridized carbons (Fsp3) is 0.167. The summed E-state index contributed by atoms with van der Waals surface area (Å²) < 4.78 is 13.4. The van der Waals surface area contributed by atoms with Crippen molar-refractivity contribution in [3.63, 3.8) is 0 Å². The second-order valence-electron chi connectivity index (χ2n) is 3.81. The molecular formula is C12H10FN3O5. The van der Waals surface area contributed by atoms with Gasteiger partial charge >= 0.3 is 17.7 Å². The predicted molar refractivity (Wildman–Crippen MR) is 70.1 cm³/mol. The number of carbonyl (C=O) groups excluding carboxylic acids is 1. The van der Waals surface area contributed by atoms with E-state index in [0.717, 1.165) is 23.1 Å². The molecule has 9 heteroatoms. The molecule has 0 radical (unpaired) electrons. The molecule has 1 aromatic rings. The van der Waals surface area contributed by atoms with Crippen LogP contribution in [0.25, 0.3) is 0 Å². The van der Waals surface area contributed by atoms with Crippen LogP contribution < -0.4 is 5.32 Å². The number of halogens is 1. The lowest BCUT2D eigenvalue weighted by Gasteiger charge is -2.18. The Hall–Kier alpha value is -3.15. The number of nitrogens with zero attached hydrogens (tertiary/aromatic N) is 2. The first-order chi connectivity index (χ1) is 9.85. The quantitative estimate of drug-likeness (QED) is 0.482. The Morgan fingerprint density at radius 3 is 2.67 bits per heavy atom. The second kappa shape index (κ2) is 6.85. The number of anilines is 1. The third kappa shape index (κ3) is 4.46. The van der Waals surface area contributed by atoms with E-state index >= 15 is 0 Å². The number of carboxylic acids is 1. The summed E-state index contributed by atoms with van der Waals surface area (Å²) in [5, 5.41) is 21.3. The van der Waals surface area contributed by atoms with Crippen LogP contribution in [-0.2, 0) is 4.79 Å². The zero-order valence-corrected chi connectivity index (χ0v) is 10.6. The molecule has 0 aliphatic heterocycles. The van der Waals surface area contributed by atoms with Gasteiger partial charge in [0, 0.05) is 17.8 Å². The van der Waals surface area contributed by atoms with Crippen LogP contribution in [0.2, 0.25) is 0 Å². The van der Waals surface area contributed by atoms with Crippen LogP contribution in [0, 0.1) is 28.3 Å². The van der Waals surface area contributed by atoms with Crippen molar-refractivity contribution in [3.05, 3.63) is 34.1 Å². The van der Waals surface area contributed by atoms with Gasteiger partial charge in [-0.3, -0.25) is 14.9 Å². The molecule has 2 amide bonds. The Bertz CT molecular complexity index is 626. The molecule has 110 valence electrons. The van der Waals surface area contributed by atoms with Crippen molar-refractivity contribution in [1.29, 1.82) is 0 Å². The average molecular weight is 295 g/mol. The third-order valence-electron chi connectivity index (χ3n) is 2.29. The second-order valence-corrected chi connectivity index (χ2v) is 3.81. The van der Waals surface area contributed by atoms with E-state index < -0.39 is 35.0 Å². The number of benzene rings is 1. The van der Waals surface area contributed by atoms with Crippen LogP contribution in [0.5, 0.6) is 0 Å². The number of terminal acetylenes is 1. The van der Waals surface area contributed by atoms with E-state index in [0.29, 0.717) is 0 Å². The molecule has 0 fully saturated rings. The van der Waals surface area contributed by atoms with E-state index in [-0.39, 0.29) is 12.2 Å². The zero-order valence-electron chi connectivity index (χ0n) is 10.6. The molecule has 0 saturated heterocycles. The summed E-state index contributed by atoms with van der Waals surface area (Å²) in [7, 11) is 0. The molecule has 0 aromatic heterocycles. The Morgan fingerprint density at radius 1 is 1.52 bits per heavy atom. The van der Waals surface area contributed by atoms with Gasteiger partial charge in [-0.05, 0) is 6.07 Å². The van der Waals surface area contributed by atoms with Crippen molar-refractivity contribution in [1.82, 2.24) is 4.90 Å². The number of carbonyl (C=O) groups is 2. The van der Waals surface area contributed by atoms with Gasteiger partial charge in [0.15, 0.2) is 0 Å². The molecule has 0 heterocycles. The molecule has 1 rings (SSSR count). The number of hydrogen-bond donors (Lipinski definition) is 2. The van der Waals surface area contributed by atoms with E-state index in [2.05, 4.69) is 11.2 Å². The minimum absolute atomic E-state index is 0.0597. The van der Waals surface area contributed by atoms with Crippen LogP contribution in [0.15, 0.2) is 18.2 Å². The van der Waals surface area contributed by atoms with Gasteiger partial charge in [-0.25, -0.2) is 4.79 Å². The smallest absolute Gasteiger partial charge is 0.323 e. The minimum Gasteiger partial charge on any atom is -0.480 e. The zero-order chi connectivity index (χ0) is 16.0. The molecule has 0 aliphatic rings. The number of aliphatic carboxylic acids is 1. The summed E-state index contributed by atoms with van der Waals surface area (Å²) in [6.07, 6.45) is 5.01. The first kappa shape index (κ1) is 15.9. The fourth-order valence-corrected chi connectivity index (χ4v) is 1.41. The SMILES string of the molecule is C#CCN(CC(=O)O)C(=O)Nc1ccc([N+](=O)[O-])c(F)c1. The van der Waals surface area contributed by atoms with Crippen molar-refractivity contribution in [2.24, 2.45) is 0 Å². The third-order valence-corrected chi connectivity index (χ3v) is 2.29. The highest BCUT2D eigenvalue weighted by Gasteiger charge is 2.18.